The number of benzene rings is 2. The molecule has 76 valence electrons. The van der Waals surface area contributed by atoms with Gasteiger partial charge in [0, 0.05) is 4.47 Å². The summed E-state index contributed by atoms with van der Waals surface area (Å²) in [5.74, 6) is -0.561. The Labute approximate surface area is 100 Å². The first-order valence-electron chi connectivity index (χ1n) is 4.24. The molecule has 0 aromatic heterocycles. The number of fused-ring (bicyclic) bond motifs is 1. The Kier molecular flexibility index (Phi) is 2.93. The van der Waals surface area contributed by atoms with Gasteiger partial charge in [0.2, 0.25) is 0 Å². The lowest BCUT2D eigenvalue weighted by Crippen LogP contribution is -1.99. The quantitative estimate of drug-likeness (QED) is 0.794. The lowest BCUT2D eigenvalue weighted by atomic mass is 10.1. The van der Waals surface area contributed by atoms with E-state index < -0.39 is 5.97 Å². The number of rotatable bonds is 1. The van der Waals surface area contributed by atoms with Gasteiger partial charge in [-0.05, 0) is 32.8 Å². The molecule has 2 nitrogen and oxygen atoms in total. The van der Waals surface area contributed by atoms with Crippen LogP contribution in [0.1, 0.15) is 10.4 Å². The van der Waals surface area contributed by atoms with Crippen molar-refractivity contribution < 1.29 is 9.08 Å². The van der Waals surface area contributed by atoms with Crippen molar-refractivity contribution in [2.24, 2.45) is 0 Å². The summed E-state index contributed by atoms with van der Waals surface area (Å²) in [4.78, 5) is 11.3. The fourth-order valence-electron chi connectivity index (χ4n) is 1.43. The van der Waals surface area contributed by atoms with Crippen molar-refractivity contribution in [1.29, 1.82) is 0 Å². The molecule has 4 heteroatoms. The summed E-state index contributed by atoms with van der Waals surface area (Å²) in [7, 11) is 0. The average molecular weight is 286 g/mol. The number of halogens is 2. The molecule has 0 bridgehead atoms. The van der Waals surface area contributed by atoms with E-state index in [9.17, 15) is 4.79 Å². The van der Waals surface area contributed by atoms with E-state index >= 15 is 0 Å². The average Bonchev–Trinajstić information content (AvgIpc) is 2.29. The van der Waals surface area contributed by atoms with Crippen molar-refractivity contribution >= 4 is 44.5 Å². The fourth-order valence-corrected chi connectivity index (χ4v) is 2.17. The Bertz CT molecular complexity index is 525. The lowest BCUT2D eigenvalue weighted by molar-refractivity contribution is 0.0750. The number of carbonyl (C=O) groups is 1. The molecule has 0 saturated carbocycles. The van der Waals surface area contributed by atoms with Gasteiger partial charge in [0.05, 0.1) is 5.56 Å². The van der Waals surface area contributed by atoms with Gasteiger partial charge in [0.25, 0.3) is 0 Å². The van der Waals surface area contributed by atoms with Crippen LogP contribution in [-0.4, -0.2) is 5.97 Å². The molecular weight excluding hydrogens is 279 g/mol. The minimum atomic E-state index is -0.561. The minimum Gasteiger partial charge on any atom is -0.343 e. The molecule has 0 unspecified atom stereocenters. The van der Waals surface area contributed by atoms with Gasteiger partial charge in [-0.1, -0.05) is 30.3 Å². The van der Waals surface area contributed by atoms with Gasteiger partial charge in [-0.2, -0.15) is 0 Å². The number of hydrogen-bond acceptors (Lipinski definition) is 2. The SMILES string of the molecule is O=C(OCl)c1ccc2ccccc2c1Br. The van der Waals surface area contributed by atoms with Gasteiger partial charge >= 0.3 is 5.97 Å². The van der Waals surface area contributed by atoms with Crippen LogP contribution < -0.4 is 0 Å². The second kappa shape index (κ2) is 4.21. The van der Waals surface area contributed by atoms with Crippen LogP contribution in [0, 0.1) is 0 Å². The summed E-state index contributed by atoms with van der Waals surface area (Å²) in [6.45, 7) is 0. The van der Waals surface area contributed by atoms with Crippen molar-refractivity contribution in [3.63, 3.8) is 0 Å². The monoisotopic (exact) mass is 284 g/mol. The Morgan fingerprint density at radius 3 is 2.67 bits per heavy atom. The van der Waals surface area contributed by atoms with Gasteiger partial charge in [0.15, 0.2) is 0 Å². The van der Waals surface area contributed by atoms with E-state index in [1.165, 1.54) is 0 Å². The smallest absolute Gasteiger partial charge is 0.343 e. The van der Waals surface area contributed by atoms with E-state index in [4.69, 9.17) is 11.9 Å². The molecule has 2 aromatic rings. The molecule has 0 amide bonds. The first-order chi connectivity index (χ1) is 7.24. The van der Waals surface area contributed by atoms with Gasteiger partial charge in [-0.3, -0.25) is 0 Å². The molecule has 0 N–H and O–H groups in total. The highest BCUT2D eigenvalue weighted by Crippen LogP contribution is 2.28. The maximum atomic E-state index is 11.3. The van der Waals surface area contributed by atoms with Crippen LogP contribution in [0.5, 0.6) is 0 Å². The zero-order valence-corrected chi connectivity index (χ0v) is 9.88. The van der Waals surface area contributed by atoms with Gasteiger partial charge in [-0.15, -0.1) is 0 Å². The standard InChI is InChI=1S/C11H6BrClO2/c12-10-8-4-2-1-3-7(8)5-6-9(10)11(14)15-13/h1-6H. The summed E-state index contributed by atoms with van der Waals surface area (Å²) in [6, 6.07) is 11.3. The third-order valence-corrected chi connectivity index (χ3v) is 3.15. The largest absolute Gasteiger partial charge is 0.357 e. The molecule has 0 heterocycles. The molecule has 0 fully saturated rings. The van der Waals surface area contributed by atoms with Crippen molar-refractivity contribution in [1.82, 2.24) is 0 Å². The summed E-state index contributed by atoms with van der Waals surface area (Å²) in [6.07, 6.45) is 0. The van der Waals surface area contributed by atoms with Crippen molar-refractivity contribution in [2.75, 3.05) is 0 Å². The van der Waals surface area contributed by atoms with E-state index in [2.05, 4.69) is 20.2 Å². The minimum absolute atomic E-state index is 0.420. The molecule has 0 atom stereocenters. The summed E-state index contributed by atoms with van der Waals surface area (Å²) < 4.78 is 4.87. The maximum Gasteiger partial charge on any atom is 0.357 e. The first kappa shape index (κ1) is 10.5. The summed E-state index contributed by atoms with van der Waals surface area (Å²) >= 11 is 8.40. The highest BCUT2D eigenvalue weighted by atomic mass is 79.9. The highest BCUT2D eigenvalue weighted by molar-refractivity contribution is 9.10. The normalized spacial score (nSPS) is 10.3. The van der Waals surface area contributed by atoms with Gasteiger partial charge in [-0.25, -0.2) is 4.79 Å². The van der Waals surface area contributed by atoms with Crippen LogP contribution in [0.4, 0.5) is 0 Å². The summed E-state index contributed by atoms with van der Waals surface area (Å²) in [5, 5.41) is 2.01. The predicted octanol–water partition coefficient (Wildman–Crippen LogP) is 3.91. The Morgan fingerprint density at radius 2 is 1.93 bits per heavy atom. The lowest BCUT2D eigenvalue weighted by Gasteiger charge is -2.04. The zero-order chi connectivity index (χ0) is 10.8. The van der Waals surface area contributed by atoms with Crippen LogP contribution in [-0.2, 0) is 4.29 Å². The van der Waals surface area contributed by atoms with Crippen LogP contribution in [0.25, 0.3) is 10.8 Å². The van der Waals surface area contributed by atoms with Crippen molar-refractivity contribution in [3.05, 3.63) is 46.4 Å². The molecule has 2 aromatic carbocycles. The van der Waals surface area contributed by atoms with E-state index in [0.717, 1.165) is 10.8 Å². The molecule has 2 rings (SSSR count). The Hall–Kier alpha value is -1.06. The van der Waals surface area contributed by atoms with Gasteiger partial charge < -0.3 is 4.29 Å². The van der Waals surface area contributed by atoms with E-state index in [0.29, 0.717) is 10.0 Å². The maximum absolute atomic E-state index is 11.3. The molecule has 0 radical (unpaired) electrons. The third kappa shape index (κ3) is 1.85. The molecule has 0 saturated heterocycles. The molecular formula is C11H6BrClO2. The molecule has 0 aliphatic rings. The third-order valence-electron chi connectivity index (χ3n) is 2.15. The van der Waals surface area contributed by atoms with E-state index in [-0.39, 0.29) is 0 Å². The van der Waals surface area contributed by atoms with E-state index in [1.807, 2.05) is 30.3 Å². The van der Waals surface area contributed by atoms with Crippen LogP contribution >= 0.6 is 27.8 Å². The van der Waals surface area contributed by atoms with Crippen LogP contribution in [0.15, 0.2) is 40.9 Å². The highest BCUT2D eigenvalue weighted by Gasteiger charge is 2.13. The zero-order valence-electron chi connectivity index (χ0n) is 7.54. The Morgan fingerprint density at radius 1 is 1.20 bits per heavy atom. The van der Waals surface area contributed by atoms with Crippen LogP contribution in [0.3, 0.4) is 0 Å². The Balaban J connectivity index is 2.70. The molecule has 0 aliphatic carbocycles. The van der Waals surface area contributed by atoms with Crippen molar-refractivity contribution in [3.8, 4) is 0 Å². The number of carbonyl (C=O) groups excluding carboxylic acids is 1. The van der Waals surface area contributed by atoms with Crippen LogP contribution in [0.2, 0.25) is 0 Å². The topological polar surface area (TPSA) is 26.3 Å². The number of hydrogen-bond donors (Lipinski definition) is 0. The fraction of sp³-hybridized carbons (Fsp3) is 0. The molecule has 0 spiro atoms. The van der Waals surface area contributed by atoms with Crippen molar-refractivity contribution in [2.45, 2.75) is 0 Å². The molecule has 15 heavy (non-hydrogen) atoms. The predicted molar refractivity (Wildman–Crippen MR) is 62.9 cm³/mol. The second-order valence-electron chi connectivity index (χ2n) is 3.01. The second-order valence-corrected chi connectivity index (χ2v) is 3.96. The first-order valence-corrected chi connectivity index (χ1v) is 5.34. The summed E-state index contributed by atoms with van der Waals surface area (Å²) in [5.41, 5.74) is 0.420. The van der Waals surface area contributed by atoms with E-state index in [1.54, 1.807) is 6.07 Å². The van der Waals surface area contributed by atoms with Gasteiger partial charge in [0.1, 0.15) is 11.9 Å². The molecule has 0 aliphatic heterocycles.